The summed E-state index contributed by atoms with van der Waals surface area (Å²) in [5.74, 6) is 0.409. The van der Waals surface area contributed by atoms with Gasteiger partial charge in [-0.3, -0.25) is 0 Å². The van der Waals surface area contributed by atoms with E-state index in [-0.39, 0.29) is 12.1 Å². The fourth-order valence-corrected chi connectivity index (χ4v) is 2.78. The topological polar surface area (TPSA) is 61.4 Å². The van der Waals surface area contributed by atoms with Gasteiger partial charge in [0.1, 0.15) is 0 Å². The van der Waals surface area contributed by atoms with Gasteiger partial charge < -0.3 is 15.7 Å². The summed E-state index contributed by atoms with van der Waals surface area (Å²) < 4.78 is 0. The molecule has 1 aromatic rings. The zero-order chi connectivity index (χ0) is 12.1. The molecule has 4 nitrogen and oxygen atoms in total. The molecular formula is C12H18N2O2S. The van der Waals surface area contributed by atoms with Crippen LogP contribution in [0.4, 0.5) is 10.5 Å². The van der Waals surface area contributed by atoms with Crippen LogP contribution in [0.3, 0.4) is 0 Å². The maximum Gasteiger partial charge on any atom is 0.319 e. The van der Waals surface area contributed by atoms with Gasteiger partial charge in [0, 0.05) is 11.9 Å². The van der Waals surface area contributed by atoms with E-state index in [1.54, 1.807) is 11.3 Å². The van der Waals surface area contributed by atoms with Crippen LogP contribution in [0.2, 0.25) is 0 Å². The summed E-state index contributed by atoms with van der Waals surface area (Å²) in [5, 5.41) is 19.0. The highest BCUT2D eigenvalue weighted by molar-refractivity contribution is 7.08. The molecule has 1 saturated carbocycles. The van der Waals surface area contributed by atoms with Gasteiger partial charge in [-0.1, -0.05) is 6.42 Å². The zero-order valence-corrected chi connectivity index (χ0v) is 10.5. The highest BCUT2D eigenvalue weighted by Gasteiger charge is 2.20. The molecule has 94 valence electrons. The van der Waals surface area contributed by atoms with Gasteiger partial charge in [0.2, 0.25) is 0 Å². The molecule has 2 atom stereocenters. The fraction of sp³-hybridized carbons (Fsp3) is 0.583. The van der Waals surface area contributed by atoms with Crippen LogP contribution in [0.1, 0.15) is 25.7 Å². The van der Waals surface area contributed by atoms with E-state index in [1.165, 1.54) is 0 Å². The summed E-state index contributed by atoms with van der Waals surface area (Å²) in [6, 6.07) is 1.71. The van der Waals surface area contributed by atoms with Gasteiger partial charge in [0.25, 0.3) is 0 Å². The van der Waals surface area contributed by atoms with Gasteiger partial charge in [0.15, 0.2) is 0 Å². The van der Waals surface area contributed by atoms with Crippen LogP contribution in [0.25, 0.3) is 0 Å². The number of amides is 2. The molecule has 2 rings (SSSR count). The van der Waals surface area contributed by atoms with Gasteiger partial charge >= 0.3 is 6.03 Å². The van der Waals surface area contributed by atoms with Crippen molar-refractivity contribution < 1.29 is 9.90 Å². The molecule has 1 aromatic heterocycles. The minimum Gasteiger partial charge on any atom is -0.393 e. The van der Waals surface area contributed by atoms with Crippen LogP contribution in [0.5, 0.6) is 0 Å². The Kier molecular flexibility index (Phi) is 4.39. The number of carbonyl (C=O) groups excluding carboxylic acids is 1. The Bertz CT molecular complexity index is 353. The van der Waals surface area contributed by atoms with Crippen LogP contribution < -0.4 is 10.6 Å². The van der Waals surface area contributed by atoms with E-state index in [2.05, 4.69) is 10.6 Å². The summed E-state index contributed by atoms with van der Waals surface area (Å²) >= 11 is 1.55. The van der Waals surface area contributed by atoms with Gasteiger partial charge in [-0.25, -0.2) is 4.79 Å². The number of aliphatic hydroxyl groups is 1. The lowest BCUT2D eigenvalue weighted by Crippen LogP contribution is -2.35. The Morgan fingerprint density at radius 1 is 1.53 bits per heavy atom. The number of anilines is 1. The lowest BCUT2D eigenvalue weighted by molar-refractivity contribution is 0.101. The van der Waals surface area contributed by atoms with Gasteiger partial charge in [-0.2, -0.15) is 11.3 Å². The molecule has 17 heavy (non-hydrogen) atoms. The molecule has 0 bridgehead atoms. The van der Waals surface area contributed by atoms with Crippen LogP contribution >= 0.6 is 11.3 Å². The Morgan fingerprint density at radius 3 is 3.12 bits per heavy atom. The number of nitrogens with one attached hydrogen (secondary N) is 2. The average molecular weight is 254 g/mol. The average Bonchev–Trinajstić information content (AvgIpc) is 2.79. The standard InChI is InChI=1S/C12H18N2O2S/c15-11-3-1-2-9(6-11)7-13-12(16)14-10-4-5-17-8-10/h4-5,8-9,11,15H,1-3,6-7H2,(H2,13,14,16). The van der Waals surface area contributed by atoms with E-state index in [0.717, 1.165) is 31.4 Å². The van der Waals surface area contributed by atoms with Gasteiger partial charge in [0.05, 0.1) is 11.8 Å². The van der Waals surface area contributed by atoms with Crippen molar-refractivity contribution in [2.24, 2.45) is 5.92 Å². The summed E-state index contributed by atoms with van der Waals surface area (Å²) in [7, 11) is 0. The SMILES string of the molecule is O=C(NCC1CCCC(O)C1)Nc1ccsc1. The molecule has 1 fully saturated rings. The molecule has 0 saturated heterocycles. The smallest absolute Gasteiger partial charge is 0.319 e. The van der Waals surface area contributed by atoms with E-state index < -0.39 is 0 Å². The Morgan fingerprint density at radius 2 is 2.41 bits per heavy atom. The van der Waals surface area contributed by atoms with E-state index in [1.807, 2.05) is 16.8 Å². The number of carbonyl (C=O) groups is 1. The van der Waals surface area contributed by atoms with Crippen molar-refractivity contribution in [1.82, 2.24) is 5.32 Å². The monoisotopic (exact) mass is 254 g/mol. The van der Waals surface area contributed by atoms with Crippen molar-refractivity contribution in [3.63, 3.8) is 0 Å². The lowest BCUT2D eigenvalue weighted by Gasteiger charge is -2.25. The second-order valence-corrected chi connectivity index (χ2v) is 5.31. The maximum absolute atomic E-state index is 11.6. The van der Waals surface area contributed by atoms with E-state index in [9.17, 15) is 9.90 Å². The van der Waals surface area contributed by atoms with Crippen molar-refractivity contribution in [3.05, 3.63) is 16.8 Å². The maximum atomic E-state index is 11.6. The molecule has 1 heterocycles. The second-order valence-electron chi connectivity index (χ2n) is 4.53. The molecular weight excluding hydrogens is 236 g/mol. The first kappa shape index (κ1) is 12.4. The number of aliphatic hydroxyl groups excluding tert-OH is 1. The number of thiophene rings is 1. The third kappa shape index (κ3) is 4.02. The van der Waals surface area contributed by atoms with Crippen molar-refractivity contribution in [3.8, 4) is 0 Å². The first-order valence-electron chi connectivity index (χ1n) is 5.99. The van der Waals surface area contributed by atoms with Crippen LogP contribution in [-0.4, -0.2) is 23.8 Å². The fourth-order valence-electron chi connectivity index (χ4n) is 2.20. The van der Waals surface area contributed by atoms with E-state index in [0.29, 0.717) is 12.5 Å². The second kappa shape index (κ2) is 6.02. The quantitative estimate of drug-likeness (QED) is 0.775. The predicted molar refractivity (Wildman–Crippen MR) is 69.3 cm³/mol. The highest BCUT2D eigenvalue weighted by atomic mass is 32.1. The van der Waals surface area contributed by atoms with Crippen molar-refractivity contribution in [2.75, 3.05) is 11.9 Å². The van der Waals surface area contributed by atoms with Crippen molar-refractivity contribution >= 4 is 23.1 Å². The molecule has 0 radical (unpaired) electrons. The third-order valence-electron chi connectivity index (χ3n) is 3.09. The number of rotatable bonds is 3. The molecule has 1 aliphatic carbocycles. The first-order chi connectivity index (χ1) is 8.24. The molecule has 0 spiro atoms. The molecule has 0 aromatic carbocycles. The first-order valence-corrected chi connectivity index (χ1v) is 6.93. The van der Waals surface area contributed by atoms with Gasteiger partial charge in [-0.05, 0) is 36.6 Å². The summed E-state index contributed by atoms with van der Waals surface area (Å²) in [6.07, 6.45) is 3.67. The Hall–Kier alpha value is -1.07. The zero-order valence-electron chi connectivity index (χ0n) is 9.69. The normalized spacial score (nSPS) is 24.3. The third-order valence-corrected chi connectivity index (χ3v) is 3.77. The van der Waals surface area contributed by atoms with Crippen molar-refractivity contribution in [1.29, 1.82) is 0 Å². The molecule has 0 aliphatic heterocycles. The minimum atomic E-state index is -0.185. The summed E-state index contributed by atoms with van der Waals surface area (Å²) in [5.41, 5.74) is 0.830. The molecule has 2 amide bonds. The molecule has 5 heteroatoms. The van der Waals surface area contributed by atoms with Crippen molar-refractivity contribution in [2.45, 2.75) is 31.8 Å². The molecule has 2 unspecified atom stereocenters. The number of urea groups is 1. The van der Waals surface area contributed by atoms with Crippen LogP contribution in [0, 0.1) is 5.92 Å². The number of hydrogen-bond donors (Lipinski definition) is 3. The Balaban J connectivity index is 1.69. The summed E-state index contributed by atoms with van der Waals surface area (Å²) in [6.45, 7) is 0.646. The Labute approximate surface area is 105 Å². The molecule has 3 N–H and O–H groups in total. The highest BCUT2D eigenvalue weighted by Crippen LogP contribution is 2.23. The van der Waals surface area contributed by atoms with Crippen LogP contribution in [-0.2, 0) is 0 Å². The predicted octanol–water partition coefficient (Wildman–Crippen LogP) is 2.42. The molecule has 1 aliphatic rings. The van der Waals surface area contributed by atoms with Gasteiger partial charge in [-0.15, -0.1) is 0 Å². The lowest BCUT2D eigenvalue weighted by atomic mass is 9.87. The summed E-state index contributed by atoms with van der Waals surface area (Å²) in [4.78, 5) is 11.6. The van der Waals surface area contributed by atoms with E-state index >= 15 is 0 Å². The van der Waals surface area contributed by atoms with E-state index in [4.69, 9.17) is 0 Å². The largest absolute Gasteiger partial charge is 0.393 e. The number of hydrogen-bond acceptors (Lipinski definition) is 3. The minimum absolute atomic E-state index is 0.163. The van der Waals surface area contributed by atoms with Crippen LogP contribution in [0.15, 0.2) is 16.8 Å².